The number of aliphatic hydroxyl groups excluding tert-OH is 1. The zero-order chi connectivity index (χ0) is 15.7. The van der Waals surface area contributed by atoms with Gasteiger partial charge in [0.05, 0.1) is 11.0 Å². The lowest BCUT2D eigenvalue weighted by atomic mass is 10.1. The van der Waals surface area contributed by atoms with Gasteiger partial charge in [0, 0.05) is 18.7 Å². The Kier molecular flexibility index (Phi) is 7.93. The maximum absolute atomic E-state index is 10.6. The van der Waals surface area contributed by atoms with Crippen LogP contribution in [0.2, 0.25) is 0 Å². The Morgan fingerprint density at radius 2 is 1.67 bits per heavy atom. The van der Waals surface area contributed by atoms with E-state index >= 15 is 0 Å². The lowest BCUT2D eigenvalue weighted by molar-refractivity contribution is -0.384. The average Bonchev–Trinajstić information content (AvgIpc) is 2.49. The lowest BCUT2D eigenvalue weighted by Gasteiger charge is -2.25. The van der Waals surface area contributed by atoms with Crippen LogP contribution in [-0.2, 0) is 0 Å². The Labute approximate surface area is 126 Å². The van der Waals surface area contributed by atoms with Crippen LogP contribution in [0.4, 0.5) is 5.69 Å². The van der Waals surface area contributed by atoms with Crippen molar-refractivity contribution in [1.29, 1.82) is 0 Å². The average molecular weight is 294 g/mol. The number of nitro groups is 1. The number of hydrogen-bond acceptors (Lipinski definition) is 4. The van der Waals surface area contributed by atoms with Crippen LogP contribution < -0.4 is 0 Å². The molecule has 0 heterocycles. The summed E-state index contributed by atoms with van der Waals surface area (Å²) in [5.41, 5.74) is 0.790. The topological polar surface area (TPSA) is 66.6 Å². The second-order valence-corrected chi connectivity index (χ2v) is 5.37. The fraction of sp³-hybridized carbons (Fsp3) is 0.625. The van der Waals surface area contributed by atoms with Crippen LogP contribution in [0, 0.1) is 10.1 Å². The number of nitrogens with zero attached hydrogens (tertiary/aromatic N) is 2. The minimum atomic E-state index is -0.598. The van der Waals surface area contributed by atoms with Crippen molar-refractivity contribution in [2.75, 3.05) is 19.6 Å². The van der Waals surface area contributed by atoms with Crippen molar-refractivity contribution in [2.45, 2.75) is 45.6 Å². The zero-order valence-corrected chi connectivity index (χ0v) is 13.0. The van der Waals surface area contributed by atoms with E-state index < -0.39 is 11.0 Å². The van der Waals surface area contributed by atoms with Crippen LogP contribution >= 0.6 is 0 Å². The fourth-order valence-corrected chi connectivity index (χ4v) is 2.23. The minimum absolute atomic E-state index is 0.0553. The first-order valence-electron chi connectivity index (χ1n) is 7.73. The first-order chi connectivity index (χ1) is 10.1. The van der Waals surface area contributed by atoms with E-state index in [9.17, 15) is 15.2 Å². The molecule has 118 valence electrons. The fourth-order valence-electron chi connectivity index (χ4n) is 2.23. The molecule has 0 bridgehead atoms. The third kappa shape index (κ3) is 6.23. The molecule has 1 aromatic carbocycles. The summed E-state index contributed by atoms with van der Waals surface area (Å²) < 4.78 is 0. The van der Waals surface area contributed by atoms with Crippen molar-refractivity contribution in [1.82, 2.24) is 4.90 Å². The highest BCUT2D eigenvalue weighted by Gasteiger charge is 2.14. The predicted molar refractivity (Wildman–Crippen MR) is 84.3 cm³/mol. The van der Waals surface area contributed by atoms with Crippen LogP contribution in [0.15, 0.2) is 24.3 Å². The molecule has 0 aliphatic rings. The molecule has 0 aromatic heterocycles. The SMILES string of the molecule is CCCCN(CCCC)CC(O)c1ccc([N+](=O)[O-])cc1. The van der Waals surface area contributed by atoms with Crippen molar-refractivity contribution in [3.05, 3.63) is 39.9 Å². The molecule has 0 saturated heterocycles. The summed E-state index contributed by atoms with van der Waals surface area (Å²) in [6, 6.07) is 6.17. The molecule has 5 nitrogen and oxygen atoms in total. The van der Waals surface area contributed by atoms with Crippen molar-refractivity contribution >= 4 is 5.69 Å². The summed E-state index contributed by atoms with van der Waals surface area (Å²) in [6.07, 6.45) is 3.92. The molecular weight excluding hydrogens is 268 g/mol. The first-order valence-corrected chi connectivity index (χ1v) is 7.73. The van der Waals surface area contributed by atoms with Crippen LogP contribution in [0.25, 0.3) is 0 Å². The Balaban J connectivity index is 2.61. The third-order valence-corrected chi connectivity index (χ3v) is 3.58. The minimum Gasteiger partial charge on any atom is -0.387 e. The van der Waals surface area contributed by atoms with E-state index in [2.05, 4.69) is 18.7 Å². The highest BCUT2D eigenvalue weighted by atomic mass is 16.6. The number of hydrogen-bond donors (Lipinski definition) is 1. The molecule has 21 heavy (non-hydrogen) atoms. The molecule has 5 heteroatoms. The molecule has 0 fully saturated rings. The Morgan fingerprint density at radius 1 is 1.14 bits per heavy atom. The molecule has 1 aromatic rings. The third-order valence-electron chi connectivity index (χ3n) is 3.58. The van der Waals surface area contributed by atoms with Crippen LogP contribution in [-0.4, -0.2) is 34.6 Å². The second-order valence-electron chi connectivity index (χ2n) is 5.37. The van der Waals surface area contributed by atoms with Gasteiger partial charge in [-0.05, 0) is 43.6 Å². The molecule has 0 radical (unpaired) electrons. The van der Waals surface area contributed by atoms with Crippen molar-refractivity contribution in [3.8, 4) is 0 Å². The molecular formula is C16H26N2O3. The number of unbranched alkanes of at least 4 members (excludes halogenated alkanes) is 2. The van der Waals surface area contributed by atoms with Crippen LogP contribution in [0.5, 0.6) is 0 Å². The predicted octanol–water partition coefficient (Wildman–Crippen LogP) is 3.53. The number of aliphatic hydroxyl groups is 1. The molecule has 0 saturated carbocycles. The number of non-ortho nitro benzene ring substituents is 1. The molecule has 0 spiro atoms. The van der Waals surface area contributed by atoms with E-state index in [0.29, 0.717) is 6.54 Å². The van der Waals surface area contributed by atoms with Gasteiger partial charge in [0.2, 0.25) is 0 Å². The molecule has 0 aliphatic heterocycles. The number of nitro benzene ring substituents is 1. The van der Waals surface area contributed by atoms with E-state index in [0.717, 1.165) is 44.3 Å². The lowest BCUT2D eigenvalue weighted by Crippen LogP contribution is -2.30. The van der Waals surface area contributed by atoms with Gasteiger partial charge < -0.3 is 10.0 Å². The standard InChI is InChI=1S/C16H26N2O3/c1-3-5-11-17(12-6-4-2)13-16(19)14-7-9-15(10-8-14)18(20)21/h7-10,16,19H,3-6,11-13H2,1-2H3. The summed E-state index contributed by atoms with van der Waals surface area (Å²) in [4.78, 5) is 12.5. The Morgan fingerprint density at radius 3 is 2.10 bits per heavy atom. The van der Waals surface area contributed by atoms with E-state index in [1.165, 1.54) is 12.1 Å². The van der Waals surface area contributed by atoms with Gasteiger partial charge in [0.25, 0.3) is 5.69 Å². The molecule has 1 unspecified atom stereocenters. The largest absolute Gasteiger partial charge is 0.387 e. The summed E-state index contributed by atoms with van der Waals surface area (Å²) in [5.74, 6) is 0. The van der Waals surface area contributed by atoms with E-state index in [-0.39, 0.29) is 5.69 Å². The molecule has 1 N–H and O–H groups in total. The smallest absolute Gasteiger partial charge is 0.269 e. The summed E-state index contributed by atoms with van der Waals surface area (Å²) in [7, 11) is 0. The van der Waals surface area contributed by atoms with E-state index in [4.69, 9.17) is 0 Å². The van der Waals surface area contributed by atoms with Crippen molar-refractivity contribution < 1.29 is 10.0 Å². The quantitative estimate of drug-likeness (QED) is 0.529. The zero-order valence-electron chi connectivity index (χ0n) is 13.0. The van der Waals surface area contributed by atoms with E-state index in [1.807, 2.05) is 0 Å². The van der Waals surface area contributed by atoms with Gasteiger partial charge in [-0.2, -0.15) is 0 Å². The summed E-state index contributed by atoms with van der Waals surface area (Å²) in [6.45, 7) is 6.87. The Bertz CT molecular complexity index is 412. The number of rotatable bonds is 10. The van der Waals surface area contributed by atoms with Crippen LogP contribution in [0.3, 0.4) is 0 Å². The van der Waals surface area contributed by atoms with Gasteiger partial charge in [-0.1, -0.05) is 26.7 Å². The number of benzene rings is 1. The molecule has 0 aliphatic carbocycles. The van der Waals surface area contributed by atoms with Crippen LogP contribution in [0.1, 0.15) is 51.2 Å². The second kappa shape index (κ2) is 9.47. The molecule has 1 rings (SSSR count). The highest BCUT2D eigenvalue weighted by molar-refractivity contribution is 5.33. The molecule has 1 atom stereocenters. The van der Waals surface area contributed by atoms with Gasteiger partial charge >= 0.3 is 0 Å². The molecule has 0 amide bonds. The van der Waals surface area contributed by atoms with Gasteiger partial charge in [-0.15, -0.1) is 0 Å². The van der Waals surface area contributed by atoms with Crippen molar-refractivity contribution in [2.24, 2.45) is 0 Å². The highest BCUT2D eigenvalue weighted by Crippen LogP contribution is 2.19. The first kappa shape index (κ1) is 17.6. The normalized spacial score (nSPS) is 12.6. The van der Waals surface area contributed by atoms with Gasteiger partial charge in [0.1, 0.15) is 0 Å². The van der Waals surface area contributed by atoms with Crippen molar-refractivity contribution in [3.63, 3.8) is 0 Å². The van der Waals surface area contributed by atoms with Gasteiger partial charge in [-0.25, -0.2) is 0 Å². The summed E-state index contributed by atoms with van der Waals surface area (Å²) in [5, 5.41) is 20.9. The van der Waals surface area contributed by atoms with Gasteiger partial charge in [0.15, 0.2) is 0 Å². The maximum Gasteiger partial charge on any atom is 0.269 e. The Hall–Kier alpha value is -1.46. The monoisotopic (exact) mass is 294 g/mol. The summed E-state index contributed by atoms with van der Waals surface area (Å²) >= 11 is 0. The van der Waals surface area contributed by atoms with Gasteiger partial charge in [-0.3, -0.25) is 10.1 Å². The maximum atomic E-state index is 10.6. The van der Waals surface area contributed by atoms with E-state index in [1.54, 1.807) is 12.1 Å².